The molecule has 2 unspecified atom stereocenters. The van der Waals surface area contributed by atoms with Gasteiger partial charge in [0.05, 0.1) is 12.6 Å². The summed E-state index contributed by atoms with van der Waals surface area (Å²) in [4.78, 5) is 19.0. The van der Waals surface area contributed by atoms with Crippen LogP contribution in [0.1, 0.15) is 30.9 Å². The average Bonchev–Trinajstić information content (AvgIpc) is 3.25. The fraction of sp³-hybridized carbons (Fsp3) is 0.444. The normalized spacial score (nSPS) is 25.0. The van der Waals surface area contributed by atoms with Gasteiger partial charge in [0, 0.05) is 31.7 Å². The number of alkyl halides is 1. The number of nitrogens with zero attached hydrogens (tertiary/aromatic N) is 3. The summed E-state index contributed by atoms with van der Waals surface area (Å²) in [5.41, 5.74) is -0.224. The third kappa shape index (κ3) is 4.82. The van der Waals surface area contributed by atoms with Crippen molar-refractivity contribution in [2.45, 2.75) is 37.5 Å². The lowest BCUT2D eigenvalue weighted by Crippen LogP contribution is -2.59. The summed E-state index contributed by atoms with van der Waals surface area (Å²) in [5, 5.41) is 10.7. The van der Waals surface area contributed by atoms with Crippen LogP contribution in [-0.4, -0.2) is 77.9 Å². The maximum Gasteiger partial charge on any atom is 0.321 e. The van der Waals surface area contributed by atoms with Gasteiger partial charge in [0.2, 0.25) is 0 Å². The van der Waals surface area contributed by atoms with E-state index in [1.165, 1.54) is 4.90 Å². The quantitative estimate of drug-likeness (QED) is 0.656. The van der Waals surface area contributed by atoms with Crippen LogP contribution in [0.15, 0.2) is 54.6 Å². The smallest absolute Gasteiger partial charge is 0.321 e. The van der Waals surface area contributed by atoms with Gasteiger partial charge in [-0.25, -0.2) is 18.0 Å². The number of aliphatic hydroxyl groups excluding tert-OH is 1. The first-order chi connectivity index (χ1) is 16.8. The van der Waals surface area contributed by atoms with Crippen molar-refractivity contribution in [3.63, 3.8) is 0 Å². The van der Waals surface area contributed by atoms with Crippen LogP contribution in [0.4, 0.5) is 18.0 Å². The number of rotatable bonds is 6. The van der Waals surface area contributed by atoms with E-state index in [1.807, 2.05) is 24.9 Å². The zero-order valence-electron chi connectivity index (χ0n) is 20.1. The van der Waals surface area contributed by atoms with E-state index in [2.05, 4.69) is 0 Å². The summed E-state index contributed by atoms with van der Waals surface area (Å²) >= 11 is 0. The number of urea groups is 1. The van der Waals surface area contributed by atoms with E-state index in [0.717, 1.165) is 18.2 Å². The molecule has 1 N–H and O–H groups in total. The van der Waals surface area contributed by atoms with Crippen LogP contribution in [0.5, 0.6) is 0 Å². The Morgan fingerprint density at radius 3 is 2.60 bits per heavy atom. The van der Waals surface area contributed by atoms with Gasteiger partial charge in [0.25, 0.3) is 0 Å². The molecule has 0 bridgehead atoms. The van der Waals surface area contributed by atoms with E-state index in [0.29, 0.717) is 37.1 Å². The Morgan fingerprint density at radius 2 is 1.94 bits per heavy atom. The average molecular weight is 488 g/mol. The largest absolute Gasteiger partial charge is 0.393 e. The monoisotopic (exact) mass is 487 g/mol. The number of halogens is 3. The second-order valence-corrected chi connectivity index (χ2v) is 9.44. The van der Waals surface area contributed by atoms with Crippen molar-refractivity contribution in [3.05, 3.63) is 77.4 Å². The molecule has 0 aliphatic carbocycles. The van der Waals surface area contributed by atoms with Crippen molar-refractivity contribution in [2.24, 2.45) is 0 Å². The third-order valence-corrected chi connectivity index (χ3v) is 7.06. The molecule has 8 heteroatoms. The van der Waals surface area contributed by atoms with Crippen LogP contribution in [0, 0.1) is 11.6 Å². The Kier molecular flexibility index (Phi) is 7.52. The molecular weight excluding hydrogens is 455 g/mol. The number of carbonyl (C=O) groups is 1. The van der Waals surface area contributed by atoms with E-state index in [4.69, 9.17) is 0 Å². The van der Waals surface area contributed by atoms with Crippen molar-refractivity contribution < 1.29 is 23.1 Å². The zero-order valence-corrected chi connectivity index (χ0v) is 20.1. The van der Waals surface area contributed by atoms with Gasteiger partial charge in [0.15, 0.2) is 0 Å². The minimum atomic E-state index is -1.30. The minimum absolute atomic E-state index is 0.0405. The Hall–Kier alpha value is -2.84. The van der Waals surface area contributed by atoms with Crippen molar-refractivity contribution in [2.75, 3.05) is 39.8 Å². The Morgan fingerprint density at radius 1 is 1.20 bits per heavy atom. The Labute approximate surface area is 204 Å². The van der Waals surface area contributed by atoms with E-state index in [1.54, 1.807) is 35.2 Å². The van der Waals surface area contributed by atoms with Crippen molar-refractivity contribution in [1.29, 1.82) is 0 Å². The molecule has 5 nitrogen and oxygen atoms in total. The van der Waals surface area contributed by atoms with Gasteiger partial charge in [-0.15, -0.1) is 0 Å². The molecule has 0 aromatic heterocycles. The predicted molar refractivity (Wildman–Crippen MR) is 129 cm³/mol. The molecule has 2 aliphatic rings. The van der Waals surface area contributed by atoms with Crippen LogP contribution < -0.4 is 0 Å². The van der Waals surface area contributed by atoms with Crippen molar-refractivity contribution in [1.82, 2.24) is 14.7 Å². The highest BCUT2D eigenvalue weighted by atomic mass is 19.1. The minimum Gasteiger partial charge on any atom is -0.393 e. The van der Waals surface area contributed by atoms with Gasteiger partial charge in [-0.3, -0.25) is 0 Å². The van der Waals surface area contributed by atoms with E-state index < -0.39 is 42.0 Å². The lowest BCUT2D eigenvalue weighted by molar-refractivity contribution is 0.0317. The number of piperidine rings is 1. The zero-order chi connectivity index (χ0) is 25.2. The first-order valence-electron chi connectivity index (χ1n) is 12.0. The number of hydrogen-bond donors (Lipinski definition) is 1. The number of benzene rings is 2. The molecular formula is C27H32F3N3O2. The summed E-state index contributed by atoms with van der Waals surface area (Å²) in [6.45, 7) is 2.67. The number of aliphatic hydroxyl groups is 1. The van der Waals surface area contributed by atoms with Crippen molar-refractivity contribution in [3.8, 4) is 0 Å². The number of likely N-dealkylation sites (tertiary alicyclic amines) is 1. The lowest BCUT2D eigenvalue weighted by Gasteiger charge is -2.44. The van der Waals surface area contributed by atoms with Crippen molar-refractivity contribution >= 4 is 11.6 Å². The van der Waals surface area contributed by atoms with E-state index >= 15 is 4.39 Å². The molecule has 35 heavy (non-hydrogen) atoms. The van der Waals surface area contributed by atoms with Crippen LogP contribution >= 0.6 is 0 Å². The molecule has 2 aliphatic heterocycles. The predicted octanol–water partition coefficient (Wildman–Crippen LogP) is 4.43. The maximum atomic E-state index is 15.1. The molecule has 0 spiro atoms. The van der Waals surface area contributed by atoms with Gasteiger partial charge in [0.1, 0.15) is 23.3 Å². The topological polar surface area (TPSA) is 47.0 Å². The molecule has 3 atom stereocenters. The molecule has 2 heterocycles. The number of carbonyl (C=O) groups excluding carboxylic acids is 1. The fourth-order valence-corrected chi connectivity index (χ4v) is 5.25. The molecule has 2 amide bonds. The molecule has 1 fully saturated rings. The Balaban J connectivity index is 1.78. The molecule has 0 radical (unpaired) electrons. The molecule has 188 valence electrons. The van der Waals surface area contributed by atoms with Gasteiger partial charge >= 0.3 is 6.03 Å². The van der Waals surface area contributed by atoms with Gasteiger partial charge in [-0.2, -0.15) is 0 Å². The standard InChI is InChI=1S/C27H32F3N3O2/c1-3-12-32(25-11-13-31(2)17-24(25)30)26(35)33-16-19(22-14-21(28)9-10-23(22)29)15-27(33,18-34)20-7-5-4-6-8-20/h4-10,14-15,24-25,34H,3,11-13,16-18H2,1-2H3/t24?,25?,27-/m1/s1. The highest BCUT2D eigenvalue weighted by Gasteiger charge is 2.48. The lowest BCUT2D eigenvalue weighted by atomic mass is 9.89. The van der Waals surface area contributed by atoms with Crippen LogP contribution in [0.3, 0.4) is 0 Å². The van der Waals surface area contributed by atoms with E-state index in [9.17, 15) is 18.7 Å². The summed E-state index contributed by atoms with van der Waals surface area (Å²) in [5.74, 6) is -1.21. The van der Waals surface area contributed by atoms with Gasteiger partial charge in [-0.05, 0) is 55.3 Å². The second kappa shape index (κ2) is 10.4. The summed E-state index contributed by atoms with van der Waals surface area (Å²) in [6, 6.07) is 11.1. The van der Waals surface area contributed by atoms with Crippen LogP contribution in [0.2, 0.25) is 0 Å². The summed E-state index contributed by atoms with van der Waals surface area (Å²) < 4.78 is 43.9. The molecule has 0 saturated carbocycles. The Bertz CT molecular complexity index is 1080. The SMILES string of the molecule is CCCN(C(=O)N1CC(c2cc(F)ccc2F)=C[C@@]1(CO)c1ccccc1)C1CCN(C)CC1F. The molecule has 1 saturated heterocycles. The first kappa shape index (κ1) is 25.3. The highest BCUT2D eigenvalue weighted by Crippen LogP contribution is 2.42. The maximum absolute atomic E-state index is 15.1. The third-order valence-electron chi connectivity index (χ3n) is 7.06. The van der Waals surface area contributed by atoms with Gasteiger partial charge in [-0.1, -0.05) is 37.3 Å². The summed E-state index contributed by atoms with van der Waals surface area (Å²) in [6.07, 6.45) is 1.56. The molecule has 2 aromatic rings. The van der Waals surface area contributed by atoms with Crippen LogP contribution in [0.25, 0.3) is 5.57 Å². The second-order valence-electron chi connectivity index (χ2n) is 9.44. The van der Waals surface area contributed by atoms with Gasteiger partial charge < -0.3 is 19.8 Å². The fourth-order valence-electron chi connectivity index (χ4n) is 5.25. The summed E-state index contributed by atoms with van der Waals surface area (Å²) in [7, 11) is 1.85. The highest BCUT2D eigenvalue weighted by molar-refractivity contribution is 5.84. The van der Waals surface area contributed by atoms with Crippen LogP contribution in [-0.2, 0) is 5.54 Å². The molecule has 4 rings (SSSR count). The number of hydrogen-bond acceptors (Lipinski definition) is 3. The van der Waals surface area contributed by atoms with E-state index in [-0.39, 0.29) is 18.7 Å². The first-order valence-corrected chi connectivity index (χ1v) is 12.0. The molecule has 2 aromatic carbocycles. The number of amides is 2.